The first-order chi connectivity index (χ1) is 18.3. The van der Waals surface area contributed by atoms with Gasteiger partial charge < -0.3 is 25.0 Å². The normalized spacial score (nSPS) is 11.3. The Kier molecular flexibility index (Phi) is 7.82. The Morgan fingerprint density at radius 2 is 1.42 bits per heavy atom. The summed E-state index contributed by atoms with van der Waals surface area (Å²) in [6.07, 6.45) is 7.15. The number of aromatic nitrogens is 2. The molecular weight excluding hydrogens is 482 g/mol. The smallest absolute Gasteiger partial charge is 0.347 e. The summed E-state index contributed by atoms with van der Waals surface area (Å²) in [7, 11) is 2.97. The number of carbonyl (C=O) groups is 1. The minimum atomic E-state index is -0.411. The van der Waals surface area contributed by atoms with E-state index < -0.39 is 6.03 Å². The second-order valence-corrected chi connectivity index (χ2v) is 8.68. The van der Waals surface area contributed by atoms with Crippen molar-refractivity contribution in [2.45, 2.75) is 13.8 Å². The summed E-state index contributed by atoms with van der Waals surface area (Å²) in [5.74, 6) is 0.802. The number of amides is 1. The summed E-state index contributed by atoms with van der Waals surface area (Å²) in [6.45, 7) is 3.93. The van der Waals surface area contributed by atoms with Crippen LogP contribution in [-0.4, -0.2) is 40.2 Å². The molecule has 0 bridgehead atoms. The van der Waals surface area contributed by atoms with Crippen molar-refractivity contribution in [1.82, 2.24) is 9.78 Å². The zero-order valence-electron chi connectivity index (χ0n) is 21.6. The van der Waals surface area contributed by atoms with E-state index in [2.05, 4.69) is 10.4 Å². The Hall–Kier alpha value is -4.98. The average Bonchev–Trinajstić information content (AvgIpc) is 3.32. The lowest BCUT2D eigenvalue weighted by molar-refractivity contribution is 0.250. The molecule has 0 aliphatic heterocycles. The van der Waals surface area contributed by atoms with Gasteiger partial charge in [0, 0.05) is 5.69 Å². The number of rotatable bonds is 7. The topological polar surface area (TPSA) is 106 Å². The molecule has 194 valence electrons. The molecular formula is C30H29N3O5. The lowest BCUT2D eigenvalue weighted by atomic mass is 10.1. The lowest BCUT2D eigenvalue weighted by Crippen LogP contribution is -2.22. The number of phenols is 2. The average molecular weight is 512 g/mol. The number of benzene rings is 3. The molecule has 0 fully saturated rings. The van der Waals surface area contributed by atoms with Crippen LogP contribution in [0.5, 0.6) is 23.0 Å². The standard InChI is InChI=1S/C30H29N3O5/c1-19-5-12-25(20(2)15-19)31-30(36)33-24(11-7-22-9-14-27(35)29(17-22)38-4)18-23(32-33)10-6-21-8-13-26(34)28(16-21)37-3/h5-18,34-35H,1-4H3,(H,31,36)/b10-6+,11-7+. The SMILES string of the molecule is COc1cc(/C=C/c2cc(/C=C/c3ccc(O)c(OC)c3)n(C(=O)Nc3ccc(C)cc3C)n2)ccc1O. The van der Waals surface area contributed by atoms with Gasteiger partial charge >= 0.3 is 6.03 Å². The highest BCUT2D eigenvalue weighted by molar-refractivity contribution is 5.93. The minimum absolute atomic E-state index is 0.0424. The molecule has 38 heavy (non-hydrogen) atoms. The van der Waals surface area contributed by atoms with Crippen LogP contribution >= 0.6 is 0 Å². The number of nitrogens with one attached hydrogen (secondary N) is 1. The molecule has 4 aromatic rings. The van der Waals surface area contributed by atoms with Gasteiger partial charge in [0.15, 0.2) is 23.0 Å². The van der Waals surface area contributed by atoms with Crippen LogP contribution in [0.2, 0.25) is 0 Å². The van der Waals surface area contributed by atoms with Crippen LogP contribution in [-0.2, 0) is 0 Å². The van der Waals surface area contributed by atoms with Crippen molar-refractivity contribution >= 4 is 36.0 Å². The third-order valence-corrected chi connectivity index (χ3v) is 5.87. The second-order valence-electron chi connectivity index (χ2n) is 8.68. The van der Waals surface area contributed by atoms with Gasteiger partial charge in [-0.15, -0.1) is 0 Å². The maximum absolute atomic E-state index is 13.3. The van der Waals surface area contributed by atoms with Crippen molar-refractivity contribution in [2.75, 3.05) is 19.5 Å². The number of carbonyl (C=O) groups excluding carboxylic acids is 1. The van der Waals surface area contributed by atoms with Crippen molar-refractivity contribution in [3.05, 3.63) is 94.3 Å². The molecule has 0 atom stereocenters. The van der Waals surface area contributed by atoms with Crippen LogP contribution < -0.4 is 14.8 Å². The Labute approximate surface area is 221 Å². The number of hydrogen-bond acceptors (Lipinski definition) is 6. The van der Waals surface area contributed by atoms with Gasteiger partial charge in [-0.1, -0.05) is 42.0 Å². The number of hydrogen-bond donors (Lipinski definition) is 3. The van der Waals surface area contributed by atoms with Crippen LogP contribution in [0.1, 0.15) is 33.6 Å². The predicted molar refractivity (Wildman–Crippen MR) is 150 cm³/mol. The molecule has 3 N–H and O–H groups in total. The summed E-state index contributed by atoms with van der Waals surface area (Å²) in [6, 6.07) is 17.1. The quantitative estimate of drug-likeness (QED) is 0.267. The van der Waals surface area contributed by atoms with Crippen molar-refractivity contribution in [1.29, 1.82) is 0 Å². The van der Waals surface area contributed by atoms with Crippen LogP contribution in [0.15, 0.2) is 60.7 Å². The Morgan fingerprint density at radius 1 is 0.816 bits per heavy atom. The first kappa shape index (κ1) is 26.1. The fourth-order valence-corrected chi connectivity index (χ4v) is 3.86. The number of phenolic OH excluding ortho intramolecular Hbond substituents is 2. The minimum Gasteiger partial charge on any atom is -0.504 e. The maximum Gasteiger partial charge on any atom is 0.347 e. The molecule has 1 heterocycles. The van der Waals surface area contributed by atoms with Gasteiger partial charge in [0.05, 0.1) is 25.6 Å². The molecule has 0 saturated heterocycles. The highest BCUT2D eigenvalue weighted by atomic mass is 16.5. The van der Waals surface area contributed by atoms with Gasteiger partial charge in [-0.25, -0.2) is 4.79 Å². The highest BCUT2D eigenvalue weighted by Crippen LogP contribution is 2.28. The Morgan fingerprint density at radius 3 is 2.00 bits per heavy atom. The zero-order chi connectivity index (χ0) is 27.2. The molecule has 0 radical (unpaired) electrons. The van der Waals surface area contributed by atoms with E-state index in [1.54, 1.807) is 60.7 Å². The van der Waals surface area contributed by atoms with Gasteiger partial charge in [0.2, 0.25) is 0 Å². The molecule has 1 aromatic heterocycles. The molecule has 3 aromatic carbocycles. The molecule has 0 aliphatic carbocycles. The van der Waals surface area contributed by atoms with Crippen molar-refractivity contribution in [3.63, 3.8) is 0 Å². The first-order valence-corrected chi connectivity index (χ1v) is 11.9. The maximum atomic E-state index is 13.3. The van der Waals surface area contributed by atoms with Crippen molar-refractivity contribution in [3.8, 4) is 23.0 Å². The van der Waals surface area contributed by atoms with E-state index in [9.17, 15) is 15.0 Å². The van der Waals surface area contributed by atoms with E-state index >= 15 is 0 Å². The number of methoxy groups -OCH3 is 2. The number of nitrogens with zero attached hydrogens (tertiary/aromatic N) is 2. The third kappa shape index (κ3) is 6.04. The summed E-state index contributed by atoms with van der Waals surface area (Å²) in [4.78, 5) is 13.3. The molecule has 1 amide bonds. The van der Waals surface area contributed by atoms with Crippen molar-refractivity contribution < 1.29 is 24.5 Å². The molecule has 8 heteroatoms. The van der Waals surface area contributed by atoms with Gasteiger partial charge in [-0.3, -0.25) is 0 Å². The lowest BCUT2D eigenvalue weighted by Gasteiger charge is -2.10. The van der Waals surface area contributed by atoms with Gasteiger partial charge in [0.25, 0.3) is 0 Å². The molecule has 4 rings (SSSR count). The first-order valence-electron chi connectivity index (χ1n) is 11.9. The number of anilines is 1. The van der Waals surface area contributed by atoms with Crippen LogP contribution in [0.4, 0.5) is 10.5 Å². The van der Waals surface area contributed by atoms with Crippen LogP contribution in [0.3, 0.4) is 0 Å². The fourth-order valence-electron chi connectivity index (χ4n) is 3.86. The number of ether oxygens (including phenoxy) is 2. The Balaban J connectivity index is 1.67. The summed E-state index contributed by atoms with van der Waals surface area (Å²) >= 11 is 0. The number of aromatic hydroxyl groups is 2. The largest absolute Gasteiger partial charge is 0.504 e. The van der Waals surface area contributed by atoms with E-state index in [1.807, 2.05) is 38.1 Å². The highest BCUT2D eigenvalue weighted by Gasteiger charge is 2.14. The van der Waals surface area contributed by atoms with Crippen LogP contribution in [0, 0.1) is 13.8 Å². The van der Waals surface area contributed by atoms with Gasteiger partial charge in [-0.05, 0) is 79.1 Å². The van der Waals surface area contributed by atoms with E-state index in [4.69, 9.17) is 9.47 Å². The molecule has 0 aliphatic rings. The van der Waals surface area contributed by atoms with Gasteiger partial charge in [0.1, 0.15) is 0 Å². The van der Waals surface area contributed by atoms with E-state index in [-0.39, 0.29) is 11.5 Å². The monoisotopic (exact) mass is 511 g/mol. The van der Waals surface area contributed by atoms with Crippen molar-refractivity contribution in [2.24, 2.45) is 0 Å². The predicted octanol–water partition coefficient (Wildman–Crippen LogP) is 6.35. The van der Waals surface area contributed by atoms with Gasteiger partial charge in [-0.2, -0.15) is 9.78 Å². The summed E-state index contributed by atoms with van der Waals surface area (Å²) < 4.78 is 11.7. The zero-order valence-corrected chi connectivity index (χ0v) is 21.6. The molecule has 0 unspecified atom stereocenters. The Bertz CT molecular complexity index is 1540. The fraction of sp³-hybridized carbons (Fsp3) is 0.133. The summed E-state index contributed by atoms with van der Waals surface area (Å²) in [5.41, 5.74) is 5.41. The molecule has 0 saturated carbocycles. The third-order valence-electron chi connectivity index (χ3n) is 5.87. The van der Waals surface area contributed by atoms with E-state index in [0.717, 1.165) is 22.3 Å². The van der Waals surface area contributed by atoms with Crippen LogP contribution in [0.25, 0.3) is 24.3 Å². The molecule has 8 nitrogen and oxygen atoms in total. The van der Waals surface area contributed by atoms with E-state index in [1.165, 1.54) is 18.9 Å². The second kappa shape index (κ2) is 11.4. The summed E-state index contributed by atoms with van der Waals surface area (Å²) in [5, 5.41) is 27.2. The molecule has 0 spiro atoms. The number of aryl methyl sites for hydroxylation is 2. The van der Waals surface area contributed by atoms with E-state index in [0.29, 0.717) is 28.6 Å².